The quantitative estimate of drug-likeness (QED) is 0.194. The van der Waals surface area contributed by atoms with Crippen LogP contribution in [0.25, 0.3) is 0 Å². The lowest BCUT2D eigenvalue weighted by atomic mass is 9.87. The van der Waals surface area contributed by atoms with Crippen LogP contribution in [-0.4, -0.2) is 26.2 Å². The summed E-state index contributed by atoms with van der Waals surface area (Å²) in [6.07, 6.45) is 0. The van der Waals surface area contributed by atoms with E-state index in [9.17, 15) is 18.0 Å². The van der Waals surface area contributed by atoms with Crippen molar-refractivity contribution in [1.29, 1.82) is 0 Å². The highest BCUT2D eigenvalue weighted by Gasteiger charge is 2.58. The van der Waals surface area contributed by atoms with Crippen molar-refractivity contribution in [2.45, 2.75) is 29.3 Å². The number of alkyl halides is 1. The van der Waals surface area contributed by atoms with E-state index < -0.39 is 32.6 Å². The van der Waals surface area contributed by atoms with Crippen molar-refractivity contribution < 1.29 is 18.0 Å². The Balaban J connectivity index is 1.65. The Labute approximate surface area is 240 Å². The number of carbonyl (C=O) groups excluding carboxylic acids is 2. The van der Waals surface area contributed by atoms with E-state index in [2.05, 4.69) is 20.7 Å². The molecule has 0 bridgehead atoms. The molecule has 39 heavy (non-hydrogen) atoms. The van der Waals surface area contributed by atoms with Crippen molar-refractivity contribution in [3.8, 4) is 0 Å². The molecule has 4 aromatic carbocycles. The Morgan fingerprint density at radius 2 is 1.56 bits per heavy atom. The summed E-state index contributed by atoms with van der Waals surface area (Å²) in [4.78, 5) is 27.6. The van der Waals surface area contributed by atoms with E-state index in [0.717, 1.165) is 11.1 Å². The van der Waals surface area contributed by atoms with Gasteiger partial charge in [0.05, 0.1) is 17.1 Å². The molecule has 0 spiro atoms. The first-order valence-corrected chi connectivity index (χ1v) is 14.8. The second kappa shape index (κ2) is 10.7. The summed E-state index contributed by atoms with van der Waals surface area (Å²) in [6.45, 7) is 2.03. The molecule has 9 heteroatoms. The molecule has 1 aliphatic rings. The second-order valence-electron chi connectivity index (χ2n) is 9.35. The number of Topliss-reactive ketones (excluding diaryl/α,β-unsaturated/α-hetero) is 1. The number of hydrogen-bond acceptors (Lipinski definition) is 4. The molecule has 4 aromatic rings. The maximum Gasteiger partial charge on any atom is 0.255 e. The number of amides is 1. The van der Waals surface area contributed by atoms with Gasteiger partial charge < -0.3 is 4.90 Å². The third kappa shape index (κ3) is 5.17. The van der Waals surface area contributed by atoms with Crippen molar-refractivity contribution in [3.63, 3.8) is 0 Å². The standard InChI is InChI=1S/C30H24BrClN2O4S/c1-20-12-15-24(16-13-20)39(37,38)33-28(27(35)22-10-6-3-7-11-22)30(32)25-17-14-23(31)18-26(25)34(29(30)36)19-21-8-4-2-5-9-21/h2-18,28,33H,19H2,1H3/t28?,30-/m1/s1. The van der Waals surface area contributed by atoms with Crippen LogP contribution in [0.4, 0.5) is 5.69 Å². The van der Waals surface area contributed by atoms with Crippen LogP contribution < -0.4 is 9.62 Å². The minimum atomic E-state index is -4.25. The molecule has 6 nitrogen and oxygen atoms in total. The number of halogens is 2. The van der Waals surface area contributed by atoms with Crippen molar-refractivity contribution in [2.75, 3.05) is 4.90 Å². The first-order valence-electron chi connectivity index (χ1n) is 12.1. The van der Waals surface area contributed by atoms with Crippen LogP contribution in [0.5, 0.6) is 0 Å². The highest BCUT2D eigenvalue weighted by atomic mass is 79.9. The topological polar surface area (TPSA) is 83.5 Å². The van der Waals surface area contributed by atoms with Gasteiger partial charge in [-0.1, -0.05) is 100 Å². The maximum atomic E-state index is 14.2. The van der Waals surface area contributed by atoms with Gasteiger partial charge in [0.2, 0.25) is 10.0 Å². The van der Waals surface area contributed by atoms with Gasteiger partial charge in [-0.05, 0) is 36.8 Å². The van der Waals surface area contributed by atoms with Gasteiger partial charge in [-0.25, -0.2) is 8.42 Å². The SMILES string of the molecule is Cc1ccc(S(=O)(=O)NC(C(=O)c2ccccc2)[C@@]2(Cl)C(=O)N(Cc3ccccc3)c3cc(Br)ccc32)cc1. The summed E-state index contributed by atoms with van der Waals surface area (Å²) < 4.78 is 30.4. The van der Waals surface area contributed by atoms with E-state index in [1.54, 1.807) is 60.7 Å². The maximum absolute atomic E-state index is 14.2. The number of sulfonamides is 1. The summed E-state index contributed by atoms with van der Waals surface area (Å²) in [5, 5.41) is 0. The van der Waals surface area contributed by atoms with E-state index >= 15 is 0 Å². The Hall–Kier alpha value is -3.30. The average molecular weight is 624 g/mol. The zero-order valence-electron chi connectivity index (χ0n) is 20.8. The zero-order chi connectivity index (χ0) is 27.8. The molecule has 5 rings (SSSR count). The van der Waals surface area contributed by atoms with Gasteiger partial charge in [-0.15, -0.1) is 11.6 Å². The molecule has 0 saturated carbocycles. The molecule has 0 radical (unpaired) electrons. The number of benzene rings is 4. The molecule has 2 atom stereocenters. The summed E-state index contributed by atoms with van der Waals surface area (Å²) in [5.74, 6) is -1.22. The minimum Gasteiger partial charge on any atom is -0.306 e. The van der Waals surface area contributed by atoms with Crippen LogP contribution in [0, 0.1) is 6.92 Å². The van der Waals surface area contributed by atoms with Crippen LogP contribution in [0.1, 0.15) is 27.0 Å². The normalized spacial score (nSPS) is 17.6. The van der Waals surface area contributed by atoms with Gasteiger partial charge in [0.25, 0.3) is 5.91 Å². The van der Waals surface area contributed by atoms with Crippen molar-refractivity contribution in [2.24, 2.45) is 0 Å². The van der Waals surface area contributed by atoms with Crippen LogP contribution in [0.3, 0.4) is 0 Å². The number of rotatable bonds is 8. The summed E-state index contributed by atoms with van der Waals surface area (Å²) in [6, 6.07) is 27.3. The molecule has 1 heterocycles. The lowest BCUT2D eigenvalue weighted by Gasteiger charge is -2.31. The third-order valence-corrected chi connectivity index (χ3v) is 9.22. The summed E-state index contributed by atoms with van der Waals surface area (Å²) in [7, 11) is -4.25. The highest BCUT2D eigenvalue weighted by molar-refractivity contribution is 9.10. The van der Waals surface area contributed by atoms with E-state index in [-0.39, 0.29) is 17.0 Å². The number of fused-ring (bicyclic) bond motifs is 1. The van der Waals surface area contributed by atoms with Gasteiger partial charge in [-0.3, -0.25) is 9.59 Å². The summed E-state index contributed by atoms with van der Waals surface area (Å²) >= 11 is 10.7. The first kappa shape index (κ1) is 27.3. The predicted octanol–water partition coefficient (Wildman–Crippen LogP) is 5.97. The zero-order valence-corrected chi connectivity index (χ0v) is 24.0. The number of hydrogen-bond donors (Lipinski definition) is 1. The smallest absolute Gasteiger partial charge is 0.255 e. The van der Waals surface area contributed by atoms with E-state index in [1.807, 2.05) is 37.3 Å². The second-order valence-corrected chi connectivity index (χ2v) is 12.6. The van der Waals surface area contributed by atoms with Crippen molar-refractivity contribution in [1.82, 2.24) is 4.72 Å². The van der Waals surface area contributed by atoms with E-state index in [1.165, 1.54) is 17.0 Å². The van der Waals surface area contributed by atoms with E-state index in [4.69, 9.17) is 11.6 Å². The minimum absolute atomic E-state index is 0.0400. The number of anilines is 1. The molecule has 1 unspecified atom stereocenters. The molecule has 198 valence electrons. The predicted molar refractivity (Wildman–Crippen MR) is 155 cm³/mol. The first-order chi connectivity index (χ1) is 18.6. The Bertz CT molecular complexity index is 1650. The van der Waals surface area contributed by atoms with Crippen LogP contribution >= 0.6 is 27.5 Å². The lowest BCUT2D eigenvalue weighted by molar-refractivity contribution is -0.121. The van der Waals surface area contributed by atoms with Gasteiger partial charge >= 0.3 is 0 Å². The Morgan fingerprint density at radius 1 is 0.949 bits per heavy atom. The van der Waals surface area contributed by atoms with Gasteiger partial charge in [0, 0.05) is 15.6 Å². The van der Waals surface area contributed by atoms with E-state index in [0.29, 0.717) is 15.7 Å². The largest absolute Gasteiger partial charge is 0.306 e. The number of nitrogens with zero attached hydrogens (tertiary/aromatic N) is 1. The van der Waals surface area contributed by atoms with Crippen molar-refractivity contribution >= 4 is 54.9 Å². The molecule has 0 fully saturated rings. The van der Waals surface area contributed by atoms with Gasteiger partial charge in [0.1, 0.15) is 6.04 Å². The average Bonchev–Trinajstić information content (AvgIpc) is 3.14. The van der Waals surface area contributed by atoms with Crippen molar-refractivity contribution in [3.05, 3.63) is 130 Å². The lowest BCUT2D eigenvalue weighted by Crippen LogP contribution is -2.56. The fraction of sp³-hybridized carbons (Fsp3) is 0.133. The number of nitrogens with one attached hydrogen (secondary N) is 1. The Kier molecular flexibility index (Phi) is 7.48. The van der Waals surface area contributed by atoms with Gasteiger partial charge in [-0.2, -0.15) is 4.72 Å². The molecule has 1 N–H and O–H groups in total. The summed E-state index contributed by atoms with van der Waals surface area (Å²) in [5.41, 5.74) is 2.79. The molecular weight excluding hydrogens is 600 g/mol. The molecule has 0 aromatic heterocycles. The van der Waals surface area contributed by atoms with Crippen LogP contribution in [-0.2, 0) is 26.2 Å². The highest BCUT2D eigenvalue weighted by Crippen LogP contribution is 2.49. The molecule has 1 aliphatic heterocycles. The number of ketones is 1. The third-order valence-electron chi connectivity index (χ3n) is 6.71. The molecule has 0 aliphatic carbocycles. The number of aryl methyl sites for hydroxylation is 1. The molecule has 1 amide bonds. The fourth-order valence-corrected chi connectivity index (χ4v) is 6.74. The van der Waals surface area contributed by atoms with Gasteiger partial charge in [0.15, 0.2) is 10.7 Å². The molecule has 0 saturated heterocycles. The monoisotopic (exact) mass is 622 g/mol. The van der Waals surface area contributed by atoms with Crippen LogP contribution in [0.2, 0.25) is 0 Å². The van der Waals surface area contributed by atoms with Crippen LogP contribution in [0.15, 0.2) is 112 Å². The number of carbonyl (C=O) groups is 2. The Morgan fingerprint density at radius 3 is 2.21 bits per heavy atom. The fourth-order valence-electron chi connectivity index (χ4n) is 4.68. The molecular formula is C30H24BrClN2O4S.